The van der Waals surface area contributed by atoms with Crippen molar-refractivity contribution in [2.45, 2.75) is 13.3 Å². The first-order valence-electron chi connectivity index (χ1n) is 8.70. The SMILES string of the molecule is CCc1ccc(-c2cc(C(=O)Nc3ccc(F)cc3)c3ccccc3n2)s1. The molecule has 0 bridgehead atoms. The molecule has 0 fully saturated rings. The normalized spacial score (nSPS) is 10.9. The van der Waals surface area contributed by atoms with Crippen LogP contribution in [-0.4, -0.2) is 10.9 Å². The lowest BCUT2D eigenvalue weighted by atomic mass is 10.1. The highest BCUT2D eigenvalue weighted by atomic mass is 32.1. The smallest absolute Gasteiger partial charge is 0.256 e. The quantitative estimate of drug-likeness (QED) is 0.480. The van der Waals surface area contributed by atoms with Crippen molar-refractivity contribution >= 4 is 33.8 Å². The molecule has 0 unspecified atom stereocenters. The number of nitrogens with one attached hydrogen (secondary N) is 1. The number of fused-ring (bicyclic) bond motifs is 1. The number of rotatable bonds is 4. The van der Waals surface area contributed by atoms with E-state index in [-0.39, 0.29) is 11.7 Å². The van der Waals surface area contributed by atoms with Crippen LogP contribution in [0.25, 0.3) is 21.5 Å². The summed E-state index contributed by atoms with van der Waals surface area (Å²) in [6.45, 7) is 2.12. The second-order valence-electron chi connectivity index (χ2n) is 6.15. The number of nitrogens with zero attached hydrogens (tertiary/aromatic N) is 1. The number of halogens is 1. The summed E-state index contributed by atoms with van der Waals surface area (Å²) in [6.07, 6.45) is 0.968. The second kappa shape index (κ2) is 7.29. The van der Waals surface area contributed by atoms with Crippen molar-refractivity contribution in [3.8, 4) is 10.6 Å². The minimum absolute atomic E-state index is 0.242. The summed E-state index contributed by atoms with van der Waals surface area (Å²) in [5.74, 6) is -0.581. The van der Waals surface area contributed by atoms with Crippen LogP contribution in [0.4, 0.5) is 10.1 Å². The van der Waals surface area contributed by atoms with Crippen LogP contribution in [0.2, 0.25) is 0 Å². The third kappa shape index (κ3) is 3.59. The van der Waals surface area contributed by atoms with Gasteiger partial charge in [0.15, 0.2) is 0 Å². The summed E-state index contributed by atoms with van der Waals surface area (Å²) < 4.78 is 13.1. The zero-order valence-electron chi connectivity index (χ0n) is 14.7. The first-order chi connectivity index (χ1) is 13.1. The molecule has 0 spiro atoms. The molecule has 5 heteroatoms. The number of para-hydroxylation sites is 1. The minimum Gasteiger partial charge on any atom is -0.322 e. The van der Waals surface area contributed by atoms with Crippen LogP contribution in [0.1, 0.15) is 22.2 Å². The molecule has 0 atom stereocenters. The summed E-state index contributed by atoms with van der Waals surface area (Å²) in [6, 6.07) is 19.3. The van der Waals surface area contributed by atoms with E-state index in [2.05, 4.69) is 18.3 Å². The maximum absolute atomic E-state index is 13.1. The molecule has 0 saturated heterocycles. The van der Waals surface area contributed by atoms with Gasteiger partial charge in [0.25, 0.3) is 5.91 Å². The first-order valence-corrected chi connectivity index (χ1v) is 9.51. The predicted molar refractivity (Wildman–Crippen MR) is 109 cm³/mol. The van der Waals surface area contributed by atoms with Crippen molar-refractivity contribution in [3.05, 3.63) is 83.0 Å². The highest BCUT2D eigenvalue weighted by Crippen LogP contribution is 2.30. The summed E-state index contributed by atoms with van der Waals surface area (Å²) >= 11 is 1.68. The molecule has 0 saturated carbocycles. The van der Waals surface area contributed by atoms with Gasteiger partial charge in [0.2, 0.25) is 0 Å². The summed E-state index contributed by atoms with van der Waals surface area (Å²) in [5.41, 5.74) is 2.65. The fourth-order valence-electron chi connectivity index (χ4n) is 2.93. The Morgan fingerprint density at radius 1 is 1.07 bits per heavy atom. The van der Waals surface area contributed by atoms with Crippen LogP contribution in [0.3, 0.4) is 0 Å². The molecule has 2 heterocycles. The van der Waals surface area contributed by atoms with E-state index in [0.29, 0.717) is 11.3 Å². The fourth-order valence-corrected chi connectivity index (χ4v) is 3.83. The van der Waals surface area contributed by atoms with Crippen molar-refractivity contribution in [2.24, 2.45) is 0 Å². The standard InChI is InChI=1S/C22H17FN2OS/c1-2-16-11-12-21(27-16)20-13-18(17-5-3-4-6-19(17)25-20)22(26)24-15-9-7-14(23)8-10-15/h3-13H,2H2,1H3,(H,24,26). The molecule has 2 aromatic heterocycles. The molecule has 1 amide bonds. The van der Waals surface area contributed by atoms with Gasteiger partial charge in [0.1, 0.15) is 5.82 Å². The van der Waals surface area contributed by atoms with Gasteiger partial charge in [-0.2, -0.15) is 0 Å². The Morgan fingerprint density at radius 3 is 2.59 bits per heavy atom. The number of pyridine rings is 1. The lowest BCUT2D eigenvalue weighted by Crippen LogP contribution is -2.13. The van der Waals surface area contributed by atoms with Gasteiger partial charge in [-0.25, -0.2) is 9.37 Å². The lowest BCUT2D eigenvalue weighted by molar-refractivity contribution is 0.102. The Hall–Kier alpha value is -3.05. The molecule has 4 rings (SSSR count). The van der Waals surface area contributed by atoms with Crippen molar-refractivity contribution in [1.29, 1.82) is 0 Å². The van der Waals surface area contributed by atoms with Crippen LogP contribution in [-0.2, 0) is 6.42 Å². The van der Waals surface area contributed by atoms with E-state index in [1.807, 2.05) is 36.4 Å². The number of aromatic nitrogens is 1. The number of anilines is 1. The Kier molecular flexibility index (Phi) is 4.69. The zero-order valence-corrected chi connectivity index (χ0v) is 15.5. The molecule has 0 aliphatic rings. The highest BCUT2D eigenvalue weighted by Gasteiger charge is 2.15. The number of hydrogen-bond donors (Lipinski definition) is 1. The molecule has 2 aromatic carbocycles. The third-order valence-electron chi connectivity index (χ3n) is 4.33. The number of benzene rings is 2. The van der Waals surface area contributed by atoms with Gasteiger partial charge >= 0.3 is 0 Å². The molecular formula is C22H17FN2OS. The Morgan fingerprint density at radius 2 is 1.85 bits per heavy atom. The topological polar surface area (TPSA) is 42.0 Å². The Balaban J connectivity index is 1.78. The van der Waals surface area contributed by atoms with E-state index in [1.54, 1.807) is 23.5 Å². The molecule has 0 aliphatic carbocycles. The zero-order chi connectivity index (χ0) is 18.8. The van der Waals surface area contributed by atoms with Crippen LogP contribution in [0, 0.1) is 5.82 Å². The first kappa shape index (κ1) is 17.4. The van der Waals surface area contributed by atoms with Gasteiger partial charge in [0, 0.05) is 16.0 Å². The number of aryl methyl sites for hydroxylation is 1. The number of carbonyl (C=O) groups is 1. The van der Waals surface area contributed by atoms with E-state index < -0.39 is 0 Å². The highest BCUT2D eigenvalue weighted by molar-refractivity contribution is 7.15. The number of carbonyl (C=O) groups excluding carboxylic acids is 1. The van der Waals surface area contributed by atoms with Gasteiger partial charge in [-0.15, -0.1) is 11.3 Å². The molecule has 3 nitrogen and oxygen atoms in total. The van der Waals surface area contributed by atoms with Gasteiger partial charge in [0.05, 0.1) is 21.7 Å². The molecule has 0 radical (unpaired) electrons. The van der Waals surface area contributed by atoms with Crippen molar-refractivity contribution in [3.63, 3.8) is 0 Å². The van der Waals surface area contributed by atoms with Gasteiger partial charge in [-0.05, 0) is 55.0 Å². The van der Waals surface area contributed by atoms with Crippen LogP contribution >= 0.6 is 11.3 Å². The van der Waals surface area contributed by atoms with Crippen molar-refractivity contribution < 1.29 is 9.18 Å². The summed E-state index contributed by atoms with van der Waals surface area (Å²) in [5, 5.41) is 3.63. The minimum atomic E-state index is -0.339. The monoisotopic (exact) mass is 376 g/mol. The van der Waals surface area contributed by atoms with Gasteiger partial charge in [-0.1, -0.05) is 25.1 Å². The Labute approximate surface area is 160 Å². The van der Waals surface area contributed by atoms with E-state index in [0.717, 1.165) is 27.9 Å². The maximum atomic E-state index is 13.1. The van der Waals surface area contributed by atoms with E-state index in [1.165, 1.54) is 17.0 Å². The summed E-state index contributed by atoms with van der Waals surface area (Å²) in [4.78, 5) is 20.0. The molecule has 27 heavy (non-hydrogen) atoms. The Bertz CT molecular complexity index is 1120. The molecule has 1 N–H and O–H groups in total. The largest absolute Gasteiger partial charge is 0.322 e. The van der Waals surface area contributed by atoms with Crippen LogP contribution in [0.15, 0.2) is 66.7 Å². The van der Waals surface area contributed by atoms with E-state index >= 15 is 0 Å². The second-order valence-corrected chi connectivity index (χ2v) is 7.32. The lowest BCUT2D eigenvalue weighted by Gasteiger charge is -2.10. The maximum Gasteiger partial charge on any atom is 0.256 e. The summed E-state index contributed by atoms with van der Waals surface area (Å²) in [7, 11) is 0. The third-order valence-corrected chi connectivity index (χ3v) is 5.58. The number of thiophene rings is 1. The van der Waals surface area contributed by atoms with Crippen molar-refractivity contribution in [2.75, 3.05) is 5.32 Å². The predicted octanol–water partition coefficient (Wildman–Crippen LogP) is 5.92. The molecule has 134 valence electrons. The average molecular weight is 376 g/mol. The van der Waals surface area contributed by atoms with Crippen LogP contribution in [0.5, 0.6) is 0 Å². The van der Waals surface area contributed by atoms with E-state index in [4.69, 9.17) is 4.98 Å². The number of hydrogen-bond acceptors (Lipinski definition) is 3. The van der Waals surface area contributed by atoms with E-state index in [9.17, 15) is 9.18 Å². The van der Waals surface area contributed by atoms with Crippen molar-refractivity contribution in [1.82, 2.24) is 4.98 Å². The molecular weight excluding hydrogens is 359 g/mol. The molecule has 0 aliphatic heterocycles. The fraction of sp³-hybridized carbons (Fsp3) is 0.0909. The van der Waals surface area contributed by atoms with Crippen LogP contribution < -0.4 is 5.32 Å². The number of amides is 1. The molecule has 4 aromatic rings. The average Bonchev–Trinajstić information content (AvgIpc) is 3.18. The van der Waals surface area contributed by atoms with Gasteiger partial charge in [-0.3, -0.25) is 4.79 Å². The van der Waals surface area contributed by atoms with Gasteiger partial charge < -0.3 is 5.32 Å².